The number of alkyl halides is 3. The SMILES string of the molecule is Cn1cc(C[C@H]2[C@@H](O)CCN2Cc2nccn2C)cn1.O=C(O)C(F)(F)F. The number of aromatic nitrogens is 4. The van der Waals surface area contributed by atoms with Gasteiger partial charge in [-0.05, 0) is 18.4 Å². The fraction of sp³-hybridized carbons (Fsp3) is 0.562. The summed E-state index contributed by atoms with van der Waals surface area (Å²) in [6.45, 7) is 1.70. The lowest BCUT2D eigenvalue weighted by molar-refractivity contribution is -0.192. The molecule has 0 aromatic carbocycles. The molecule has 1 saturated heterocycles. The molecule has 27 heavy (non-hydrogen) atoms. The van der Waals surface area contributed by atoms with Crippen LogP contribution in [0.3, 0.4) is 0 Å². The van der Waals surface area contributed by atoms with Gasteiger partial charge >= 0.3 is 12.1 Å². The Morgan fingerprint density at radius 1 is 1.37 bits per heavy atom. The monoisotopic (exact) mass is 389 g/mol. The van der Waals surface area contributed by atoms with Crippen LogP contribution in [-0.2, 0) is 31.9 Å². The average molecular weight is 389 g/mol. The van der Waals surface area contributed by atoms with Crippen LogP contribution in [0.1, 0.15) is 17.8 Å². The van der Waals surface area contributed by atoms with Crippen molar-refractivity contribution >= 4 is 5.97 Å². The lowest BCUT2D eigenvalue weighted by Gasteiger charge is -2.25. The Hall–Kier alpha value is -2.40. The number of aliphatic hydroxyl groups excluding tert-OH is 1. The Labute approximate surface area is 153 Å². The van der Waals surface area contributed by atoms with E-state index in [0.29, 0.717) is 0 Å². The molecule has 1 fully saturated rings. The van der Waals surface area contributed by atoms with Crippen LogP contribution >= 0.6 is 0 Å². The summed E-state index contributed by atoms with van der Waals surface area (Å²) in [6.07, 6.45) is 3.98. The van der Waals surface area contributed by atoms with Gasteiger partial charge in [-0.3, -0.25) is 9.58 Å². The van der Waals surface area contributed by atoms with E-state index in [1.165, 1.54) is 5.56 Å². The second-order valence-corrected chi connectivity index (χ2v) is 6.38. The Morgan fingerprint density at radius 3 is 2.52 bits per heavy atom. The molecule has 2 aromatic rings. The van der Waals surface area contributed by atoms with E-state index in [0.717, 1.165) is 31.8 Å². The van der Waals surface area contributed by atoms with Gasteiger partial charge in [0.1, 0.15) is 5.82 Å². The van der Waals surface area contributed by atoms with Crippen molar-refractivity contribution in [3.05, 3.63) is 36.2 Å². The maximum Gasteiger partial charge on any atom is 0.490 e. The topological polar surface area (TPSA) is 96.4 Å². The highest BCUT2D eigenvalue weighted by atomic mass is 19.4. The zero-order valence-corrected chi connectivity index (χ0v) is 15.0. The number of rotatable bonds is 4. The van der Waals surface area contributed by atoms with Crippen LogP contribution in [0.25, 0.3) is 0 Å². The van der Waals surface area contributed by atoms with Gasteiger partial charge in [0, 0.05) is 45.3 Å². The third-order valence-corrected chi connectivity index (χ3v) is 4.34. The molecule has 2 aromatic heterocycles. The number of nitrogens with zero attached hydrogens (tertiary/aromatic N) is 5. The van der Waals surface area contributed by atoms with Crippen LogP contribution in [0, 0.1) is 0 Å². The van der Waals surface area contributed by atoms with E-state index < -0.39 is 12.1 Å². The van der Waals surface area contributed by atoms with Crippen LogP contribution in [0.4, 0.5) is 13.2 Å². The van der Waals surface area contributed by atoms with Gasteiger partial charge in [0.2, 0.25) is 0 Å². The number of aryl methyl sites for hydroxylation is 2. The molecule has 2 N–H and O–H groups in total. The summed E-state index contributed by atoms with van der Waals surface area (Å²) in [6, 6.07) is 0.149. The van der Waals surface area contributed by atoms with Crippen LogP contribution in [-0.4, -0.2) is 65.3 Å². The lowest BCUT2D eigenvalue weighted by Crippen LogP contribution is -2.37. The summed E-state index contributed by atoms with van der Waals surface area (Å²) in [5.74, 6) is -1.72. The van der Waals surface area contributed by atoms with Gasteiger partial charge < -0.3 is 14.8 Å². The van der Waals surface area contributed by atoms with Crippen molar-refractivity contribution in [3.63, 3.8) is 0 Å². The summed E-state index contributed by atoms with van der Waals surface area (Å²) >= 11 is 0. The highest BCUT2D eigenvalue weighted by Crippen LogP contribution is 2.23. The van der Waals surface area contributed by atoms with E-state index in [-0.39, 0.29) is 12.1 Å². The van der Waals surface area contributed by atoms with Crippen LogP contribution in [0.5, 0.6) is 0 Å². The normalized spacial score (nSPS) is 20.4. The summed E-state index contributed by atoms with van der Waals surface area (Å²) in [5.41, 5.74) is 1.17. The number of aliphatic carboxylic acids is 1. The van der Waals surface area contributed by atoms with Gasteiger partial charge in [-0.25, -0.2) is 9.78 Å². The first-order chi connectivity index (χ1) is 12.6. The molecule has 1 aliphatic rings. The van der Waals surface area contributed by atoms with E-state index in [2.05, 4.69) is 15.0 Å². The van der Waals surface area contributed by atoms with Crippen molar-refractivity contribution in [2.45, 2.75) is 37.7 Å². The van der Waals surface area contributed by atoms with Crippen LogP contribution in [0.15, 0.2) is 24.8 Å². The first-order valence-corrected chi connectivity index (χ1v) is 8.24. The summed E-state index contributed by atoms with van der Waals surface area (Å²) in [4.78, 5) is 15.6. The number of carboxylic acid groups (broad SMARTS) is 1. The Balaban J connectivity index is 0.000000321. The number of imidazole rings is 1. The largest absolute Gasteiger partial charge is 0.490 e. The molecule has 0 spiro atoms. The zero-order chi connectivity index (χ0) is 20.2. The second-order valence-electron chi connectivity index (χ2n) is 6.38. The third-order valence-electron chi connectivity index (χ3n) is 4.34. The fourth-order valence-corrected chi connectivity index (χ4v) is 2.91. The minimum absolute atomic E-state index is 0.149. The summed E-state index contributed by atoms with van der Waals surface area (Å²) < 4.78 is 35.6. The highest BCUT2D eigenvalue weighted by molar-refractivity contribution is 5.73. The molecule has 0 radical (unpaired) electrons. The molecule has 3 rings (SSSR count). The van der Waals surface area contributed by atoms with Gasteiger partial charge in [0.25, 0.3) is 0 Å². The molecule has 11 heteroatoms. The van der Waals surface area contributed by atoms with Gasteiger partial charge in [-0.15, -0.1) is 0 Å². The van der Waals surface area contributed by atoms with Crippen molar-refractivity contribution in [3.8, 4) is 0 Å². The molecule has 0 amide bonds. The molecule has 0 bridgehead atoms. The first kappa shape index (κ1) is 20.9. The van der Waals surface area contributed by atoms with E-state index in [9.17, 15) is 18.3 Å². The standard InChI is InChI=1S/C14H21N5O.C2HF3O2/c1-17-6-4-15-14(17)10-19-5-3-13(20)12(19)7-11-8-16-18(2)9-11;3-2(4,5)1(6)7/h4,6,8-9,12-13,20H,3,5,7,10H2,1-2H3;(H,6,7)/t12-,13-;/m0./s1. The van der Waals surface area contributed by atoms with Crippen molar-refractivity contribution in [1.29, 1.82) is 0 Å². The second kappa shape index (κ2) is 8.53. The van der Waals surface area contributed by atoms with Crippen molar-refractivity contribution in [1.82, 2.24) is 24.2 Å². The maximum atomic E-state index is 10.6. The lowest BCUT2D eigenvalue weighted by atomic mass is 10.0. The van der Waals surface area contributed by atoms with Crippen molar-refractivity contribution < 1.29 is 28.2 Å². The fourth-order valence-electron chi connectivity index (χ4n) is 2.91. The molecule has 1 aliphatic heterocycles. The van der Waals surface area contributed by atoms with Crippen LogP contribution in [0.2, 0.25) is 0 Å². The molecular weight excluding hydrogens is 367 g/mol. The molecular formula is C16H22F3N5O3. The van der Waals surface area contributed by atoms with Gasteiger partial charge in [0.05, 0.1) is 18.8 Å². The smallest absolute Gasteiger partial charge is 0.475 e. The number of hydrogen-bond donors (Lipinski definition) is 2. The predicted molar refractivity (Wildman–Crippen MR) is 88.6 cm³/mol. The Morgan fingerprint density at radius 2 is 2.04 bits per heavy atom. The molecule has 0 aliphatic carbocycles. The summed E-state index contributed by atoms with van der Waals surface area (Å²) in [7, 11) is 3.92. The van der Waals surface area contributed by atoms with Crippen LogP contribution < -0.4 is 0 Å². The number of carboxylic acids is 1. The number of carbonyl (C=O) groups is 1. The van der Waals surface area contributed by atoms with Gasteiger partial charge in [-0.1, -0.05) is 0 Å². The zero-order valence-electron chi connectivity index (χ0n) is 15.0. The minimum atomic E-state index is -5.08. The van der Waals surface area contributed by atoms with Gasteiger partial charge in [0.15, 0.2) is 0 Å². The summed E-state index contributed by atoms with van der Waals surface area (Å²) in [5, 5.41) is 21.6. The van der Waals surface area contributed by atoms with Crippen molar-refractivity contribution in [2.24, 2.45) is 14.1 Å². The Bertz CT molecular complexity index is 759. The molecule has 2 atom stereocenters. The van der Waals surface area contributed by atoms with E-state index in [1.807, 2.05) is 43.4 Å². The maximum absolute atomic E-state index is 10.6. The van der Waals surface area contributed by atoms with Gasteiger partial charge in [-0.2, -0.15) is 18.3 Å². The number of aliphatic hydroxyl groups is 1. The number of likely N-dealkylation sites (tertiary alicyclic amines) is 1. The van der Waals surface area contributed by atoms with E-state index in [4.69, 9.17) is 9.90 Å². The molecule has 8 nitrogen and oxygen atoms in total. The van der Waals surface area contributed by atoms with E-state index >= 15 is 0 Å². The highest BCUT2D eigenvalue weighted by Gasteiger charge is 2.38. The first-order valence-electron chi connectivity index (χ1n) is 8.24. The molecule has 3 heterocycles. The molecule has 0 saturated carbocycles. The predicted octanol–water partition coefficient (Wildman–Crippen LogP) is 0.965. The molecule has 0 unspecified atom stereocenters. The quantitative estimate of drug-likeness (QED) is 0.809. The Kier molecular flexibility index (Phi) is 6.60. The molecule has 150 valence electrons. The van der Waals surface area contributed by atoms with E-state index in [1.54, 1.807) is 4.68 Å². The minimum Gasteiger partial charge on any atom is -0.475 e. The number of halogens is 3. The number of hydrogen-bond acceptors (Lipinski definition) is 5. The third kappa shape index (κ3) is 5.79. The van der Waals surface area contributed by atoms with Crippen molar-refractivity contribution in [2.75, 3.05) is 6.54 Å². The average Bonchev–Trinajstić information content (AvgIpc) is 3.25.